The molecule has 208 valence electrons. The van der Waals surface area contributed by atoms with E-state index in [4.69, 9.17) is 4.74 Å². The summed E-state index contributed by atoms with van der Waals surface area (Å²) >= 11 is 0. The first-order chi connectivity index (χ1) is 18.3. The normalized spacial score (nSPS) is 20.1. The summed E-state index contributed by atoms with van der Waals surface area (Å²) in [5.41, 5.74) is -1.93. The van der Waals surface area contributed by atoms with Gasteiger partial charge in [0, 0.05) is 30.3 Å². The second kappa shape index (κ2) is 10.5. The average Bonchev–Trinajstić information content (AvgIpc) is 3.22. The highest BCUT2D eigenvalue weighted by molar-refractivity contribution is 7.89. The number of ether oxygens (including phenoxy) is 1. The van der Waals surface area contributed by atoms with Gasteiger partial charge in [0.25, 0.3) is 0 Å². The number of halogens is 5. The van der Waals surface area contributed by atoms with Crippen molar-refractivity contribution < 1.29 is 39.9 Å². The third-order valence-corrected chi connectivity index (χ3v) is 8.36. The predicted octanol–water partition coefficient (Wildman–Crippen LogP) is 4.12. The third-order valence-electron chi connectivity index (χ3n) is 6.36. The molecule has 0 bridgehead atoms. The molecule has 4 rings (SSSR count). The summed E-state index contributed by atoms with van der Waals surface area (Å²) in [5, 5.41) is 2.57. The van der Waals surface area contributed by atoms with E-state index in [9.17, 15) is 35.2 Å². The molecule has 3 heterocycles. The zero-order chi connectivity index (χ0) is 28.6. The Morgan fingerprint density at radius 2 is 1.85 bits per heavy atom. The average molecular weight is 571 g/mol. The summed E-state index contributed by atoms with van der Waals surface area (Å²) in [4.78, 5) is 20.6. The maximum Gasteiger partial charge on any atom is 0.433 e. The standard InChI is InChI=1S/C25H23F5N4O4S/c1-24(10-17(27)14-34(24)39(36,37)19-6-4-16(26)5-7-19)23(35)33-12-18-9-20(21(38-2)13-31-18)15-3-8-22(32-11-15)25(28,29)30/h3-9,11,13,17H,10,12,14H2,1-2H3,(H,33,35). The minimum absolute atomic E-state index is 0.207. The van der Waals surface area contributed by atoms with Crippen LogP contribution in [0, 0.1) is 5.82 Å². The van der Waals surface area contributed by atoms with Crippen LogP contribution in [0.3, 0.4) is 0 Å². The second-order valence-corrected chi connectivity index (χ2v) is 10.9. The topological polar surface area (TPSA) is 101 Å². The van der Waals surface area contributed by atoms with Gasteiger partial charge >= 0.3 is 6.18 Å². The van der Waals surface area contributed by atoms with E-state index < -0.39 is 58.3 Å². The summed E-state index contributed by atoms with van der Waals surface area (Å²) in [6, 6.07) is 7.49. The van der Waals surface area contributed by atoms with Crippen molar-refractivity contribution in [2.45, 2.75) is 42.7 Å². The van der Waals surface area contributed by atoms with Crippen molar-refractivity contribution in [1.82, 2.24) is 19.6 Å². The number of nitrogens with zero attached hydrogens (tertiary/aromatic N) is 3. The number of pyridine rings is 2. The molecule has 2 aromatic heterocycles. The highest BCUT2D eigenvalue weighted by atomic mass is 32.2. The van der Waals surface area contributed by atoms with Gasteiger partial charge in [-0.3, -0.25) is 14.8 Å². The van der Waals surface area contributed by atoms with Crippen molar-refractivity contribution >= 4 is 15.9 Å². The molecule has 1 aliphatic heterocycles. The molecule has 1 amide bonds. The van der Waals surface area contributed by atoms with Gasteiger partial charge in [-0.15, -0.1) is 0 Å². The molecule has 3 aromatic rings. The van der Waals surface area contributed by atoms with Crippen LogP contribution in [-0.4, -0.2) is 54.0 Å². The van der Waals surface area contributed by atoms with Crippen molar-refractivity contribution in [3.63, 3.8) is 0 Å². The molecule has 1 aliphatic rings. The van der Waals surface area contributed by atoms with E-state index in [1.165, 1.54) is 32.4 Å². The summed E-state index contributed by atoms with van der Waals surface area (Å²) in [6.07, 6.45) is -4.29. The Kier molecular flexibility index (Phi) is 7.63. The van der Waals surface area contributed by atoms with Gasteiger partial charge in [0.15, 0.2) is 0 Å². The first-order valence-corrected chi connectivity index (χ1v) is 13.0. The highest BCUT2D eigenvalue weighted by Crippen LogP contribution is 2.37. The number of benzene rings is 1. The van der Waals surface area contributed by atoms with Crippen LogP contribution in [0.15, 0.2) is 59.8 Å². The van der Waals surface area contributed by atoms with E-state index in [0.29, 0.717) is 11.1 Å². The molecule has 1 N–H and O–H groups in total. The number of alkyl halides is 4. The van der Waals surface area contributed by atoms with Crippen molar-refractivity contribution in [3.8, 4) is 16.9 Å². The Hall–Kier alpha value is -3.65. The largest absolute Gasteiger partial charge is 0.494 e. The molecule has 0 aliphatic carbocycles. The fraction of sp³-hybridized carbons (Fsp3) is 0.320. The maximum atomic E-state index is 14.5. The van der Waals surface area contributed by atoms with Crippen LogP contribution in [0.1, 0.15) is 24.7 Å². The molecule has 1 fully saturated rings. The van der Waals surface area contributed by atoms with Gasteiger partial charge in [-0.25, -0.2) is 17.2 Å². The number of hydrogen-bond donors (Lipinski definition) is 1. The molecule has 0 saturated carbocycles. The Morgan fingerprint density at radius 3 is 2.44 bits per heavy atom. The monoisotopic (exact) mass is 570 g/mol. The predicted molar refractivity (Wildman–Crippen MR) is 129 cm³/mol. The molecule has 8 nitrogen and oxygen atoms in total. The summed E-state index contributed by atoms with van der Waals surface area (Å²) in [5.74, 6) is -1.20. The third kappa shape index (κ3) is 5.71. The summed E-state index contributed by atoms with van der Waals surface area (Å²) < 4.78 is 98.9. The summed E-state index contributed by atoms with van der Waals surface area (Å²) in [7, 11) is -2.99. The van der Waals surface area contributed by atoms with E-state index in [2.05, 4.69) is 15.3 Å². The maximum absolute atomic E-state index is 14.5. The van der Waals surface area contributed by atoms with Crippen LogP contribution in [0.5, 0.6) is 5.75 Å². The fourth-order valence-corrected chi connectivity index (χ4v) is 6.12. The number of nitrogens with one attached hydrogen (secondary N) is 1. The van der Waals surface area contributed by atoms with E-state index in [0.717, 1.165) is 40.8 Å². The van der Waals surface area contributed by atoms with Crippen molar-refractivity contribution in [1.29, 1.82) is 0 Å². The van der Waals surface area contributed by atoms with Crippen LogP contribution in [0.2, 0.25) is 0 Å². The van der Waals surface area contributed by atoms with E-state index in [1.807, 2.05) is 0 Å². The molecule has 14 heteroatoms. The number of carbonyl (C=O) groups excluding carboxylic acids is 1. The molecule has 39 heavy (non-hydrogen) atoms. The lowest BCUT2D eigenvalue weighted by Gasteiger charge is -2.32. The SMILES string of the molecule is COc1cnc(CNC(=O)C2(C)CC(F)CN2S(=O)(=O)c2ccc(F)cc2)cc1-c1ccc(C(F)(F)F)nc1. The Morgan fingerprint density at radius 1 is 1.15 bits per heavy atom. The fourth-order valence-electron chi connectivity index (χ4n) is 4.34. The molecule has 2 unspecified atom stereocenters. The van der Waals surface area contributed by atoms with Crippen molar-refractivity contribution in [2.75, 3.05) is 13.7 Å². The first kappa shape index (κ1) is 28.4. The summed E-state index contributed by atoms with van der Waals surface area (Å²) in [6.45, 7) is 0.528. The number of hydrogen-bond acceptors (Lipinski definition) is 6. The van der Waals surface area contributed by atoms with E-state index >= 15 is 0 Å². The Balaban J connectivity index is 1.56. The van der Waals surface area contributed by atoms with E-state index in [-0.39, 0.29) is 22.9 Å². The smallest absolute Gasteiger partial charge is 0.433 e. The van der Waals surface area contributed by atoms with Crippen LogP contribution in [0.4, 0.5) is 22.0 Å². The van der Waals surface area contributed by atoms with Crippen LogP contribution < -0.4 is 10.1 Å². The van der Waals surface area contributed by atoms with Gasteiger partial charge in [-0.2, -0.15) is 17.5 Å². The molecule has 0 spiro atoms. The molecule has 2 atom stereocenters. The minimum Gasteiger partial charge on any atom is -0.494 e. The number of rotatable bonds is 7. The van der Waals surface area contributed by atoms with Gasteiger partial charge in [0.05, 0.1) is 30.4 Å². The number of methoxy groups -OCH3 is 1. The first-order valence-electron chi connectivity index (χ1n) is 11.5. The van der Waals surface area contributed by atoms with Gasteiger partial charge < -0.3 is 10.1 Å². The highest BCUT2D eigenvalue weighted by Gasteiger charge is 2.53. The molecular weight excluding hydrogens is 547 g/mol. The zero-order valence-electron chi connectivity index (χ0n) is 20.7. The zero-order valence-corrected chi connectivity index (χ0v) is 21.5. The Labute approximate surface area is 220 Å². The molecular formula is C25H23F5N4O4S. The Bertz CT molecular complexity index is 1470. The number of carbonyl (C=O) groups is 1. The van der Waals surface area contributed by atoms with Crippen LogP contribution in [0.25, 0.3) is 11.1 Å². The van der Waals surface area contributed by atoms with Crippen molar-refractivity contribution in [3.05, 3.63) is 72.1 Å². The van der Waals surface area contributed by atoms with Crippen LogP contribution in [-0.2, 0) is 27.5 Å². The van der Waals surface area contributed by atoms with E-state index in [1.54, 1.807) is 0 Å². The molecule has 1 aromatic carbocycles. The number of amides is 1. The number of sulfonamides is 1. The lowest BCUT2D eigenvalue weighted by Crippen LogP contribution is -2.55. The second-order valence-electron chi connectivity index (χ2n) is 9.05. The van der Waals surface area contributed by atoms with Crippen LogP contribution >= 0.6 is 0 Å². The van der Waals surface area contributed by atoms with Gasteiger partial charge in [0.2, 0.25) is 15.9 Å². The lowest BCUT2D eigenvalue weighted by molar-refractivity contribution is -0.141. The molecule has 1 saturated heterocycles. The van der Waals surface area contributed by atoms with Gasteiger partial charge in [-0.1, -0.05) is 6.07 Å². The van der Waals surface area contributed by atoms with Gasteiger partial charge in [-0.05, 0) is 43.3 Å². The van der Waals surface area contributed by atoms with Gasteiger partial charge in [0.1, 0.15) is 29.0 Å². The quantitative estimate of drug-likeness (QED) is 0.429. The minimum atomic E-state index is -4.61. The van der Waals surface area contributed by atoms with Crippen molar-refractivity contribution in [2.24, 2.45) is 0 Å². The lowest BCUT2D eigenvalue weighted by atomic mass is 9.98. The molecule has 0 radical (unpaired) electrons. The number of aromatic nitrogens is 2.